The number of likely N-dealkylation sites (tertiary alicyclic amines) is 1. The number of aromatic hydroxyl groups is 1. The van der Waals surface area contributed by atoms with Gasteiger partial charge in [-0.1, -0.05) is 25.1 Å². The number of benzene rings is 2. The number of aliphatic hydroxyl groups excluding tert-OH is 3. The number of hydrogen-bond acceptors (Lipinski definition) is 11. The zero-order valence-electron chi connectivity index (χ0n) is 26.3. The molecule has 1 aliphatic heterocycles. The third-order valence-corrected chi connectivity index (χ3v) is 10.7. The van der Waals surface area contributed by atoms with Gasteiger partial charge in [-0.3, -0.25) is 19.3 Å². The number of aliphatic hydroxyl groups is 4. The summed E-state index contributed by atoms with van der Waals surface area (Å²) in [5, 5.41) is 58.3. The number of likely N-dealkylation sites (N-methyl/N-ethyl adjacent to an activating group) is 1. The summed E-state index contributed by atoms with van der Waals surface area (Å²) in [6.07, 6.45) is -1.05. The predicted molar refractivity (Wildman–Crippen MR) is 166 cm³/mol. The largest absolute Gasteiger partial charge is 0.508 e. The second-order valence-electron chi connectivity index (χ2n) is 13.3. The number of carbonyl (C=O) groups excluding carboxylic acids is 3. The molecule has 2 aromatic carbocycles. The maximum Gasteiger partial charge on any atom is 0.230 e. The first kappa shape index (κ1) is 32.1. The summed E-state index contributed by atoms with van der Waals surface area (Å²) in [4.78, 5) is 44.1. The van der Waals surface area contributed by atoms with Crippen molar-refractivity contribution in [3.05, 3.63) is 58.4 Å². The average molecular weight is 636 g/mol. The summed E-state index contributed by atoms with van der Waals surface area (Å²) in [5.74, 6) is -9.53. The number of rotatable bonds is 6. The Kier molecular flexibility index (Phi) is 8.01. The van der Waals surface area contributed by atoms with E-state index in [2.05, 4.69) is 4.90 Å². The molecule has 0 aromatic heterocycles. The van der Waals surface area contributed by atoms with Crippen LogP contribution in [-0.4, -0.2) is 111 Å². The Bertz CT molecular complexity index is 1650. The van der Waals surface area contributed by atoms with Crippen molar-refractivity contribution in [3.8, 4) is 22.6 Å². The van der Waals surface area contributed by atoms with E-state index >= 15 is 0 Å². The Hall–Kier alpha value is -3.81. The van der Waals surface area contributed by atoms with Crippen LogP contribution in [0.3, 0.4) is 0 Å². The highest BCUT2D eigenvalue weighted by molar-refractivity contribution is 6.16. The van der Waals surface area contributed by atoms with Gasteiger partial charge in [0.05, 0.1) is 24.9 Å². The summed E-state index contributed by atoms with van der Waals surface area (Å²) in [5.41, 5.74) is 4.25. The molecule has 12 nitrogen and oxygen atoms in total. The minimum Gasteiger partial charge on any atom is -0.508 e. The van der Waals surface area contributed by atoms with Crippen molar-refractivity contribution < 1.29 is 44.7 Å². The van der Waals surface area contributed by atoms with Crippen molar-refractivity contribution >= 4 is 17.5 Å². The van der Waals surface area contributed by atoms with E-state index in [0.717, 1.165) is 31.5 Å². The van der Waals surface area contributed by atoms with Crippen molar-refractivity contribution in [2.45, 2.75) is 56.1 Å². The monoisotopic (exact) mass is 635 g/mol. The fraction of sp³-hybridized carbons (Fsp3) is 0.500. The lowest BCUT2D eigenvalue weighted by atomic mass is 9.53. The molecule has 2 unspecified atom stereocenters. The summed E-state index contributed by atoms with van der Waals surface area (Å²) in [7, 11) is 4.57. The van der Waals surface area contributed by atoms with E-state index < -0.39 is 76.3 Å². The molecular formula is C34H41N3O9. The molecule has 1 saturated carbocycles. The van der Waals surface area contributed by atoms with Crippen LogP contribution in [0.25, 0.3) is 11.1 Å². The summed E-state index contributed by atoms with van der Waals surface area (Å²) in [6, 6.07) is 7.84. The molecule has 1 saturated heterocycles. The molecule has 2 aromatic rings. The molecule has 246 valence electrons. The van der Waals surface area contributed by atoms with Gasteiger partial charge in [0.25, 0.3) is 0 Å². The van der Waals surface area contributed by atoms with Crippen LogP contribution in [0.1, 0.15) is 47.2 Å². The average Bonchev–Trinajstić information content (AvgIpc) is 3.51. The fourth-order valence-electron chi connectivity index (χ4n) is 8.46. The fourth-order valence-corrected chi connectivity index (χ4v) is 8.46. The number of ketones is 2. The van der Waals surface area contributed by atoms with Crippen LogP contribution < -0.4 is 10.5 Å². The number of hydrogen-bond donors (Lipinski definition) is 6. The minimum atomic E-state index is -2.91. The van der Waals surface area contributed by atoms with Gasteiger partial charge < -0.3 is 40.9 Å². The Morgan fingerprint density at radius 2 is 1.74 bits per heavy atom. The molecule has 3 aliphatic carbocycles. The highest BCUT2D eigenvalue weighted by Gasteiger charge is 2.69. The Morgan fingerprint density at radius 1 is 1.07 bits per heavy atom. The first-order chi connectivity index (χ1) is 21.7. The van der Waals surface area contributed by atoms with E-state index in [0.29, 0.717) is 29.0 Å². The predicted octanol–water partition coefficient (Wildman–Crippen LogP) is 1.09. The van der Waals surface area contributed by atoms with Gasteiger partial charge in [-0.25, -0.2) is 0 Å². The number of carbonyl (C=O) groups is 3. The molecule has 0 radical (unpaired) electrons. The maximum atomic E-state index is 14.3. The standard InChI is InChI=1S/C34H41N3O9/c1-15-17-8-9-18(19-13-16(7-10-20(19)46-4)14-37-11-5-6-12-37)27(38)22(17)28(39)23-21(15)29(40)25-26(36(2)3)30(41)24(33(35)44)32(43)34(25,45)31(23)42/h7-10,13,15,21,24-26,29-30,38,40-42,45H,5-6,11-12,14H2,1-4H3,(H2,35,44)/t15-,21+,24?,25+,26-,29-,30?,34-/m0/s1. The quantitative estimate of drug-likeness (QED) is 0.249. The lowest BCUT2D eigenvalue weighted by Crippen LogP contribution is -2.74. The zero-order valence-corrected chi connectivity index (χ0v) is 26.3. The Balaban J connectivity index is 1.51. The third-order valence-electron chi connectivity index (χ3n) is 10.7. The number of phenolic OH excluding ortho intramolecular Hbond substituents is 1. The van der Waals surface area contributed by atoms with E-state index in [9.17, 15) is 39.9 Å². The van der Waals surface area contributed by atoms with Gasteiger partial charge in [0, 0.05) is 41.1 Å². The normalized spacial score (nSPS) is 32.7. The number of nitrogens with two attached hydrogens (primary N) is 1. The number of amides is 1. The van der Waals surface area contributed by atoms with E-state index in [-0.39, 0.29) is 11.3 Å². The first-order valence-electron chi connectivity index (χ1n) is 15.6. The van der Waals surface area contributed by atoms with Crippen molar-refractivity contribution in [2.75, 3.05) is 34.3 Å². The van der Waals surface area contributed by atoms with Crippen molar-refractivity contribution in [1.29, 1.82) is 0 Å². The molecular weight excluding hydrogens is 594 g/mol. The van der Waals surface area contributed by atoms with E-state index in [1.165, 1.54) is 26.1 Å². The van der Waals surface area contributed by atoms with Crippen LogP contribution in [-0.2, 0) is 16.1 Å². The van der Waals surface area contributed by atoms with Crippen LogP contribution in [0.4, 0.5) is 0 Å². The van der Waals surface area contributed by atoms with E-state index in [1.807, 2.05) is 12.1 Å². The van der Waals surface area contributed by atoms with Gasteiger partial charge >= 0.3 is 0 Å². The maximum absolute atomic E-state index is 14.3. The molecule has 1 heterocycles. The van der Waals surface area contributed by atoms with Crippen LogP contribution in [0.2, 0.25) is 0 Å². The number of Topliss-reactive ketones (excluding diaryl/α,β-unsaturated/α-hetero) is 2. The first-order valence-corrected chi connectivity index (χ1v) is 15.6. The SMILES string of the molecule is COc1ccc(CN2CCCC2)cc1-c1ccc2c(c1O)C(=O)C1=C(O)[C@]3(O)C(=O)C(C(N)=O)C(O)[C@@H](N(C)C)[C@@H]3[C@@H](O)[C@@H]1[C@H]2C. The van der Waals surface area contributed by atoms with Crippen molar-refractivity contribution in [1.82, 2.24) is 9.80 Å². The molecule has 4 aliphatic rings. The summed E-state index contributed by atoms with van der Waals surface area (Å²) in [6.45, 7) is 4.41. The number of primary amides is 1. The van der Waals surface area contributed by atoms with Gasteiger partial charge in [0.1, 0.15) is 23.2 Å². The molecule has 6 rings (SSSR count). The highest BCUT2D eigenvalue weighted by atomic mass is 16.5. The molecule has 12 heteroatoms. The van der Waals surface area contributed by atoms with Crippen molar-refractivity contribution in [3.63, 3.8) is 0 Å². The zero-order chi connectivity index (χ0) is 33.4. The second-order valence-corrected chi connectivity index (χ2v) is 13.3. The van der Waals surface area contributed by atoms with Gasteiger partial charge in [-0.05, 0) is 69.2 Å². The van der Waals surface area contributed by atoms with Crippen LogP contribution >= 0.6 is 0 Å². The van der Waals surface area contributed by atoms with Gasteiger partial charge in [-0.2, -0.15) is 0 Å². The summed E-state index contributed by atoms with van der Waals surface area (Å²) < 4.78 is 5.62. The molecule has 2 fully saturated rings. The molecule has 1 amide bonds. The number of nitrogens with zero attached hydrogens (tertiary/aromatic N) is 2. The van der Waals surface area contributed by atoms with Crippen LogP contribution in [0, 0.1) is 17.8 Å². The van der Waals surface area contributed by atoms with E-state index in [4.69, 9.17) is 10.5 Å². The van der Waals surface area contributed by atoms with Crippen LogP contribution in [0.15, 0.2) is 41.7 Å². The minimum absolute atomic E-state index is 0.136. The van der Waals surface area contributed by atoms with Gasteiger partial charge in [-0.15, -0.1) is 0 Å². The summed E-state index contributed by atoms with van der Waals surface area (Å²) >= 11 is 0. The molecule has 0 bridgehead atoms. The highest BCUT2D eigenvalue weighted by Crippen LogP contribution is 2.56. The topological polar surface area (TPSA) is 194 Å². The second kappa shape index (κ2) is 11.5. The Labute approximate surface area is 266 Å². The third kappa shape index (κ3) is 4.49. The molecule has 7 N–H and O–H groups in total. The number of phenols is 1. The molecule has 8 atom stereocenters. The number of fused-ring (bicyclic) bond motifs is 3. The smallest absolute Gasteiger partial charge is 0.230 e. The van der Waals surface area contributed by atoms with Gasteiger partial charge in [0.2, 0.25) is 5.91 Å². The lowest BCUT2D eigenvalue weighted by Gasteiger charge is -2.56. The Morgan fingerprint density at radius 3 is 2.35 bits per heavy atom. The lowest BCUT2D eigenvalue weighted by molar-refractivity contribution is -0.194. The molecule has 46 heavy (non-hydrogen) atoms. The molecule has 0 spiro atoms. The number of methoxy groups -OCH3 is 1. The van der Waals surface area contributed by atoms with Gasteiger partial charge in [0.15, 0.2) is 17.2 Å². The van der Waals surface area contributed by atoms with Crippen LogP contribution in [0.5, 0.6) is 11.5 Å². The van der Waals surface area contributed by atoms with Crippen molar-refractivity contribution in [2.24, 2.45) is 23.5 Å². The van der Waals surface area contributed by atoms with E-state index in [1.54, 1.807) is 25.1 Å². The number of ether oxygens (including phenoxy) is 1.